The molecule has 1 heterocycles. The number of hydrogen-bond acceptors (Lipinski definition) is 2. The minimum atomic E-state index is -0.0440. The first kappa shape index (κ1) is 15.7. The van der Waals surface area contributed by atoms with E-state index in [9.17, 15) is 0 Å². The molecule has 0 aromatic heterocycles. The zero-order valence-corrected chi connectivity index (χ0v) is 14.3. The van der Waals surface area contributed by atoms with Crippen LogP contribution in [0.1, 0.15) is 37.0 Å². The second-order valence-corrected chi connectivity index (χ2v) is 6.66. The van der Waals surface area contributed by atoms with Crippen LogP contribution in [0.4, 0.5) is 0 Å². The molecule has 0 unspecified atom stereocenters. The molecule has 0 N–H and O–H groups in total. The van der Waals surface area contributed by atoms with Gasteiger partial charge in [0.2, 0.25) is 0 Å². The Bertz CT molecular complexity index is 703. The van der Waals surface area contributed by atoms with Crippen molar-refractivity contribution in [1.29, 1.82) is 0 Å². The molecule has 0 saturated carbocycles. The third kappa shape index (κ3) is 2.86. The van der Waals surface area contributed by atoms with Crippen LogP contribution in [0.3, 0.4) is 0 Å². The third-order valence-electron chi connectivity index (χ3n) is 4.89. The van der Waals surface area contributed by atoms with Gasteiger partial charge in [-0.3, -0.25) is 0 Å². The highest BCUT2D eigenvalue weighted by atomic mass is 16.5. The fourth-order valence-electron chi connectivity index (χ4n) is 3.54. The van der Waals surface area contributed by atoms with Crippen molar-refractivity contribution in [3.63, 3.8) is 0 Å². The lowest BCUT2D eigenvalue weighted by Crippen LogP contribution is -2.35. The molecule has 3 rings (SSSR count). The third-order valence-corrected chi connectivity index (χ3v) is 4.89. The molecule has 0 amide bonds. The summed E-state index contributed by atoms with van der Waals surface area (Å²) in [7, 11) is 1.72. The van der Waals surface area contributed by atoms with Crippen molar-refractivity contribution in [3.05, 3.63) is 71.8 Å². The van der Waals surface area contributed by atoms with E-state index in [1.165, 1.54) is 16.7 Å². The molecule has 0 bridgehead atoms. The molecular formula is C21H25NO. The average molecular weight is 307 g/mol. The summed E-state index contributed by atoms with van der Waals surface area (Å²) >= 11 is 0. The Morgan fingerprint density at radius 1 is 1.09 bits per heavy atom. The van der Waals surface area contributed by atoms with Gasteiger partial charge in [-0.2, -0.15) is 0 Å². The van der Waals surface area contributed by atoms with E-state index in [-0.39, 0.29) is 5.54 Å². The molecule has 0 radical (unpaired) electrons. The van der Waals surface area contributed by atoms with Gasteiger partial charge in [0, 0.05) is 17.8 Å². The number of nitrogens with zero attached hydrogens (tertiary/aromatic N) is 1. The van der Waals surface area contributed by atoms with Gasteiger partial charge >= 0.3 is 0 Å². The van der Waals surface area contributed by atoms with Crippen molar-refractivity contribution in [2.45, 2.75) is 32.2 Å². The highest BCUT2D eigenvalue weighted by molar-refractivity contribution is 5.72. The van der Waals surface area contributed by atoms with E-state index in [1.807, 2.05) is 6.07 Å². The highest BCUT2D eigenvalue weighted by Gasteiger charge is 2.39. The average Bonchev–Trinajstić information content (AvgIpc) is 2.76. The van der Waals surface area contributed by atoms with Crippen LogP contribution in [0.5, 0.6) is 5.75 Å². The Morgan fingerprint density at radius 3 is 2.52 bits per heavy atom. The zero-order valence-electron chi connectivity index (χ0n) is 14.3. The molecule has 2 aromatic rings. The second-order valence-electron chi connectivity index (χ2n) is 6.66. The molecule has 0 saturated heterocycles. The number of methoxy groups -OCH3 is 1. The van der Waals surface area contributed by atoms with Crippen LogP contribution in [0, 0.1) is 0 Å². The molecule has 0 spiro atoms. The molecule has 2 aromatic carbocycles. The number of hydrogen-bond donors (Lipinski definition) is 0. The van der Waals surface area contributed by atoms with Crippen LogP contribution in [0.25, 0.3) is 5.70 Å². The van der Waals surface area contributed by atoms with Gasteiger partial charge in [-0.05, 0) is 56.0 Å². The summed E-state index contributed by atoms with van der Waals surface area (Å²) in [6.07, 6.45) is 2.22. The van der Waals surface area contributed by atoms with Crippen LogP contribution in [-0.2, 0) is 12.0 Å². The fourth-order valence-corrected chi connectivity index (χ4v) is 3.54. The summed E-state index contributed by atoms with van der Waals surface area (Å²) in [5, 5.41) is 0. The second kappa shape index (κ2) is 6.11. The number of benzene rings is 2. The Hall–Kier alpha value is -2.22. The van der Waals surface area contributed by atoms with Crippen LogP contribution in [0.2, 0.25) is 0 Å². The standard InChI is InChI=1S/C21H25NO/c1-16-19-13-12-18(23-4)15-20(19)21(2,3)22(16)14-8-11-17-9-6-5-7-10-17/h5-7,9-10,12-13,15H,1,8,11,14H2,2-4H3. The topological polar surface area (TPSA) is 12.5 Å². The van der Waals surface area contributed by atoms with Gasteiger partial charge in [0.15, 0.2) is 0 Å². The summed E-state index contributed by atoms with van der Waals surface area (Å²) in [5.41, 5.74) is 5.03. The smallest absolute Gasteiger partial charge is 0.119 e. The van der Waals surface area contributed by atoms with Crippen molar-refractivity contribution >= 4 is 5.70 Å². The number of aryl methyl sites for hydroxylation is 1. The van der Waals surface area contributed by atoms with Crippen LogP contribution in [0.15, 0.2) is 55.1 Å². The first-order chi connectivity index (χ1) is 11.0. The van der Waals surface area contributed by atoms with Crippen LogP contribution < -0.4 is 4.74 Å². The first-order valence-electron chi connectivity index (χ1n) is 8.23. The maximum absolute atomic E-state index is 5.39. The number of rotatable bonds is 5. The van der Waals surface area contributed by atoms with E-state index < -0.39 is 0 Å². The van der Waals surface area contributed by atoms with Crippen molar-refractivity contribution in [2.24, 2.45) is 0 Å². The summed E-state index contributed by atoms with van der Waals surface area (Å²) in [6.45, 7) is 9.89. The highest BCUT2D eigenvalue weighted by Crippen LogP contribution is 2.45. The lowest BCUT2D eigenvalue weighted by atomic mass is 9.93. The Labute approximate surface area is 139 Å². The van der Waals surface area contributed by atoms with E-state index >= 15 is 0 Å². The van der Waals surface area contributed by atoms with Gasteiger partial charge in [0.25, 0.3) is 0 Å². The molecule has 0 aliphatic carbocycles. The molecule has 1 aliphatic heterocycles. The van der Waals surface area contributed by atoms with Crippen molar-refractivity contribution in [3.8, 4) is 5.75 Å². The molecule has 0 atom stereocenters. The summed E-state index contributed by atoms with van der Waals surface area (Å²) < 4.78 is 5.39. The van der Waals surface area contributed by atoms with E-state index in [0.29, 0.717) is 0 Å². The lowest BCUT2D eigenvalue weighted by Gasteiger charge is -2.35. The molecule has 2 nitrogen and oxygen atoms in total. The number of fused-ring (bicyclic) bond motifs is 1. The normalized spacial score (nSPS) is 15.6. The summed E-state index contributed by atoms with van der Waals surface area (Å²) in [6, 6.07) is 17.0. The largest absolute Gasteiger partial charge is 0.497 e. The molecule has 23 heavy (non-hydrogen) atoms. The lowest BCUT2D eigenvalue weighted by molar-refractivity contribution is 0.216. The van der Waals surface area contributed by atoms with Crippen LogP contribution in [-0.4, -0.2) is 18.6 Å². The molecule has 120 valence electrons. The monoisotopic (exact) mass is 307 g/mol. The fraction of sp³-hybridized carbons (Fsp3) is 0.333. The van der Waals surface area contributed by atoms with Gasteiger partial charge in [0.1, 0.15) is 5.75 Å². The Morgan fingerprint density at radius 2 is 1.83 bits per heavy atom. The summed E-state index contributed by atoms with van der Waals surface area (Å²) in [5.74, 6) is 0.913. The minimum absolute atomic E-state index is 0.0440. The Kier molecular flexibility index (Phi) is 4.16. The van der Waals surface area contributed by atoms with Crippen molar-refractivity contribution < 1.29 is 4.74 Å². The summed E-state index contributed by atoms with van der Waals surface area (Å²) in [4.78, 5) is 2.43. The van der Waals surface area contributed by atoms with Gasteiger partial charge < -0.3 is 9.64 Å². The van der Waals surface area contributed by atoms with E-state index in [0.717, 1.165) is 30.8 Å². The van der Waals surface area contributed by atoms with Crippen molar-refractivity contribution in [2.75, 3.05) is 13.7 Å². The van der Waals surface area contributed by atoms with E-state index in [2.05, 4.69) is 67.8 Å². The van der Waals surface area contributed by atoms with Gasteiger partial charge in [0.05, 0.1) is 12.6 Å². The predicted molar refractivity (Wildman–Crippen MR) is 96.5 cm³/mol. The maximum Gasteiger partial charge on any atom is 0.119 e. The van der Waals surface area contributed by atoms with Gasteiger partial charge in [-0.1, -0.05) is 36.9 Å². The van der Waals surface area contributed by atoms with Crippen LogP contribution >= 0.6 is 0 Å². The Balaban J connectivity index is 1.75. The number of ether oxygens (including phenoxy) is 1. The minimum Gasteiger partial charge on any atom is -0.497 e. The van der Waals surface area contributed by atoms with E-state index in [4.69, 9.17) is 4.74 Å². The SMILES string of the molecule is C=C1c2ccc(OC)cc2C(C)(C)N1CCCc1ccccc1. The zero-order chi connectivity index (χ0) is 16.4. The molecular weight excluding hydrogens is 282 g/mol. The molecule has 0 fully saturated rings. The van der Waals surface area contributed by atoms with E-state index in [1.54, 1.807) is 7.11 Å². The molecule has 1 aliphatic rings. The molecule has 2 heteroatoms. The quantitative estimate of drug-likeness (QED) is 0.783. The van der Waals surface area contributed by atoms with Gasteiger partial charge in [-0.15, -0.1) is 0 Å². The first-order valence-corrected chi connectivity index (χ1v) is 8.23. The predicted octanol–water partition coefficient (Wildman–Crippen LogP) is 4.85. The van der Waals surface area contributed by atoms with Crippen molar-refractivity contribution in [1.82, 2.24) is 4.90 Å². The van der Waals surface area contributed by atoms with Gasteiger partial charge in [-0.25, -0.2) is 0 Å². The maximum atomic E-state index is 5.39.